The van der Waals surface area contributed by atoms with Crippen molar-refractivity contribution in [2.75, 3.05) is 0 Å². The topological polar surface area (TPSA) is 73.2 Å². The molecule has 0 aliphatic carbocycles. The number of benzene rings is 1. The number of para-hydroxylation sites is 1. The molecule has 0 bridgehead atoms. The highest BCUT2D eigenvalue weighted by atomic mass is 16.6. The molecule has 1 aliphatic heterocycles. The van der Waals surface area contributed by atoms with Crippen molar-refractivity contribution >= 4 is 7.69 Å². The van der Waals surface area contributed by atoms with Crippen molar-refractivity contribution in [3.63, 3.8) is 0 Å². The van der Waals surface area contributed by atoms with Crippen molar-refractivity contribution in [3.05, 3.63) is 18.2 Å². The fourth-order valence-corrected chi connectivity index (χ4v) is 0.675. The molecule has 0 spiro atoms. The minimum atomic E-state index is -0.750. The molecule has 0 unspecified atom stereocenters. The zero-order chi connectivity index (χ0) is 8.27. The van der Waals surface area contributed by atoms with E-state index in [1.165, 1.54) is 0 Å². The van der Waals surface area contributed by atoms with Crippen molar-refractivity contribution in [1.82, 2.24) is 0 Å². The number of rotatable bonds is 0. The summed E-state index contributed by atoms with van der Waals surface area (Å²) in [5.41, 5.74) is 0. The highest BCUT2D eigenvalue weighted by Gasteiger charge is 2.22. The third kappa shape index (κ3) is 1.86. The molecule has 1 aromatic carbocycles. The summed E-state index contributed by atoms with van der Waals surface area (Å²) in [6.07, 6.45) is 0. The summed E-state index contributed by atoms with van der Waals surface area (Å²) in [5.74, 6) is 1.67. The van der Waals surface area contributed by atoms with E-state index in [2.05, 4.69) is 0 Å². The van der Waals surface area contributed by atoms with Crippen LogP contribution in [0.1, 0.15) is 0 Å². The molecule has 0 amide bonds. The molecule has 1 aromatic rings. The molecule has 58 valence electrons. The van der Waals surface area contributed by atoms with Gasteiger partial charge in [-0.15, -0.1) is 0 Å². The number of hydrogen-bond donors (Lipinski definition) is 3. The van der Waals surface area contributed by atoms with Gasteiger partial charge >= 0.3 is 7.69 Å². The Bertz CT molecular complexity index is 250. The maximum absolute atomic E-state index is 8.85. The van der Waals surface area contributed by atoms with E-state index in [1.54, 1.807) is 12.1 Å². The van der Waals surface area contributed by atoms with Crippen LogP contribution in [0.2, 0.25) is 0 Å². The van der Waals surface area contributed by atoms with Gasteiger partial charge in [0.1, 0.15) is 0 Å². The average molecular weight is 154 g/mol. The molecule has 1 heterocycles. The summed E-state index contributed by atoms with van der Waals surface area (Å²) in [4.78, 5) is 0. The SMILES string of the molecule is OBO.Oc1cccc2c1O2. The molecular formula is C6H7BO4. The first kappa shape index (κ1) is 7.91. The van der Waals surface area contributed by atoms with E-state index in [-0.39, 0.29) is 5.75 Å². The standard InChI is InChI=1S/C6H4O2.BH3O2/c7-4-2-1-3-5-6(4)8-5;2-1-3/h1-3,7H;1-3H. The van der Waals surface area contributed by atoms with Gasteiger partial charge in [-0.3, -0.25) is 0 Å². The second-order valence-electron chi connectivity index (χ2n) is 1.85. The van der Waals surface area contributed by atoms with Crippen LogP contribution in [0, 0.1) is 0 Å². The predicted octanol–water partition coefficient (Wildman–Crippen LogP) is -0.265. The monoisotopic (exact) mass is 154 g/mol. The molecule has 0 saturated heterocycles. The fraction of sp³-hybridized carbons (Fsp3) is 0. The lowest BCUT2D eigenvalue weighted by atomic mass is 10.3. The van der Waals surface area contributed by atoms with Crippen LogP contribution < -0.4 is 4.74 Å². The summed E-state index contributed by atoms with van der Waals surface area (Å²) in [6, 6.07) is 5.17. The van der Waals surface area contributed by atoms with Gasteiger partial charge in [-0.2, -0.15) is 0 Å². The summed E-state index contributed by atoms with van der Waals surface area (Å²) in [6.45, 7) is 0. The van der Waals surface area contributed by atoms with Crippen LogP contribution in [0.25, 0.3) is 0 Å². The van der Waals surface area contributed by atoms with E-state index in [9.17, 15) is 0 Å². The molecule has 0 atom stereocenters. The Hall–Kier alpha value is -1.20. The minimum Gasteiger partial charge on any atom is -0.504 e. The molecule has 4 nitrogen and oxygen atoms in total. The molecule has 0 aromatic heterocycles. The van der Waals surface area contributed by atoms with Crippen molar-refractivity contribution in [3.8, 4) is 17.2 Å². The third-order valence-corrected chi connectivity index (χ3v) is 1.13. The summed E-state index contributed by atoms with van der Waals surface area (Å²) < 4.78 is 4.82. The number of phenols is 1. The maximum Gasteiger partial charge on any atom is 0.432 e. The summed E-state index contributed by atoms with van der Waals surface area (Å²) in [7, 11) is -0.750. The Labute approximate surface area is 64.0 Å². The first-order valence-corrected chi connectivity index (χ1v) is 3.01. The van der Waals surface area contributed by atoms with Gasteiger partial charge < -0.3 is 19.9 Å². The fourth-order valence-electron chi connectivity index (χ4n) is 0.675. The van der Waals surface area contributed by atoms with Crippen molar-refractivity contribution in [2.24, 2.45) is 0 Å². The largest absolute Gasteiger partial charge is 0.504 e. The van der Waals surface area contributed by atoms with Gasteiger partial charge in [0.2, 0.25) is 5.75 Å². The first-order valence-electron chi connectivity index (χ1n) is 3.01. The van der Waals surface area contributed by atoms with Crippen molar-refractivity contribution in [2.45, 2.75) is 0 Å². The lowest BCUT2D eigenvalue weighted by molar-refractivity contribution is 0.448. The van der Waals surface area contributed by atoms with Crippen LogP contribution in [0.4, 0.5) is 0 Å². The zero-order valence-corrected chi connectivity index (χ0v) is 5.69. The van der Waals surface area contributed by atoms with E-state index in [4.69, 9.17) is 19.9 Å². The Balaban J connectivity index is 0.000000179. The molecule has 11 heavy (non-hydrogen) atoms. The normalized spacial score (nSPS) is 10.0. The molecule has 2 rings (SSSR count). The number of ether oxygens (including phenoxy) is 1. The smallest absolute Gasteiger partial charge is 0.432 e. The van der Waals surface area contributed by atoms with Crippen LogP contribution in [-0.2, 0) is 0 Å². The first-order chi connectivity index (χ1) is 5.29. The van der Waals surface area contributed by atoms with Gasteiger partial charge in [-0.05, 0) is 12.1 Å². The van der Waals surface area contributed by atoms with Gasteiger partial charge in [-0.1, -0.05) is 6.07 Å². The molecule has 3 N–H and O–H groups in total. The average Bonchev–Trinajstić information content (AvgIpc) is 2.69. The predicted molar refractivity (Wildman–Crippen MR) is 39.8 cm³/mol. The number of phenolic OH excluding ortho intramolecular Hbond substituents is 1. The van der Waals surface area contributed by atoms with Crippen LogP contribution in [0.15, 0.2) is 18.2 Å². The van der Waals surface area contributed by atoms with Gasteiger partial charge in [0.15, 0.2) is 11.5 Å². The van der Waals surface area contributed by atoms with Crippen LogP contribution in [0.3, 0.4) is 0 Å². The Morgan fingerprint density at radius 2 is 1.91 bits per heavy atom. The van der Waals surface area contributed by atoms with Gasteiger partial charge in [0.25, 0.3) is 0 Å². The summed E-state index contributed by atoms with van der Waals surface area (Å²) in [5, 5.41) is 23.1. The van der Waals surface area contributed by atoms with Gasteiger partial charge in [0, 0.05) is 0 Å². The second-order valence-corrected chi connectivity index (χ2v) is 1.85. The van der Waals surface area contributed by atoms with E-state index in [0.29, 0.717) is 5.75 Å². The maximum atomic E-state index is 8.85. The number of hydrogen-bond acceptors (Lipinski definition) is 4. The summed E-state index contributed by atoms with van der Waals surface area (Å²) >= 11 is 0. The highest BCUT2D eigenvalue weighted by molar-refractivity contribution is 6.13. The van der Waals surface area contributed by atoms with E-state index in [0.717, 1.165) is 5.75 Å². The van der Waals surface area contributed by atoms with E-state index < -0.39 is 7.69 Å². The van der Waals surface area contributed by atoms with Crippen LogP contribution in [-0.4, -0.2) is 22.8 Å². The minimum absolute atomic E-state index is 0.238. The van der Waals surface area contributed by atoms with Gasteiger partial charge in [-0.25, -0.2) is 0 Å². The van der Waals surface area contributed by atoms with Crippen LogP contribution >= 0.6 is 0 Å². The lowest BCUT2D eigenvalue weighted by Gasteiger charge is -1.77. The molecule has 5 heteroatoms. The molecular weight excluding hydrogens is 147 g/mol. The van der Waals surface area contributed by atoms with Gasteiger partial charge in [0.05, 0.1) is 0 Å². The number of fused-ring (bicyclic) bond motifs is 1. The Kier molecular flexibility index (Phi) is 2.35. The molecule has 0 radical (unpaired) electrons. The lowest BCUT2D eigenvalue weighted by Crippen LogP contribution is -1.75. The highest BCUT2D eigenvalue weighted by Crippen LogP contribution is 2.51. The van der Waals surface area contributed by atoms with Crippen molar-refractivity contribution in [1.29, 1.82) is 0 Å². The third-order valence-electron chi connectivity index (χ3n) is 1.13. The second kappa shape index (κ2) is 3.27. The van der Waals surface area contributed by atoms with E-state index in [1.807, 2.05) is 6.07 Å². The molecule has 0 saturated carbocycles. The quantitative estimate of drug-likeness (QED) is 0.360. The molecule has 1 aliphatic rings. The molecule has 0 fully saturated rings. The number of aromatic hydroxyl groups is 1. The van der Waals surface area contributed by atoms with Crippen LogP contribution in [0.5, 0.6) is 17.2 Å². The zero-order valence-electron chi connectivity index (χ0n) is 5.69. The van der Waals surface area contributed by atoms with E-state index >= 15 is 0 Å². The van der Waals surface area contributed by atoms with Crippen molar-refractivity contribution < 1.29 is 19.9 Å². The Morgan fingerprint density at radius 1 is 1.27 bits per heavy atom. The Morgan fingerprint density at radius 3 is 2.36 bits per heavy atom.